The smallest absolute Gasteiger partial charge is 0.239 e. The van der Waals surface area contributed by atoms with E-state index in [-0.39, 0.29) is 11.3 Å². The van der Waals surface area contributed by atoms with Crippen molar-refractivity contribution in [3.05, 3.63) is 54.6 Å². The number of carbonyl (C=O) groups is 1. The largest absolute Gasteiger partial charge is 0.354 e. The minimum Gasteiger partial charge on any atom is -0.354 e. The monoisotopic (exact) mass is 283 g/mol. The quantitative estimate of drug-likeness (QED) is 0.885. The summed E-state index contributed by atoms with van der Waals surface area (Å²) in [4.78, 5) is 15.9. The van der Waals surface area contributed by atoms with Gasteiger partial charge in [0.25, 0.3) is 0 Å². The first kappa shape index (κ1) is 13.9. The van der Waals surface area contributed by atoms with Gasteiger partial charge in [0.1, 0.15) is 6.54 Å². The number of carbonyl (C=O) groups excluding carboxylic acids is 1. The van der Waals surface area contributed by atoms with Crippen molar-refractivity contribution < 1.29 is 4.79 Å². The van der Waals surface area contributed by atoms with E-state index in [9.17, 15) is 4.79 Å². The van der Waals surface area contributed by atoms with Gasteiger partial charge in [0, 0.05) is 18.9 Å². The normalized spacial score (nSPS) is 16.2. The first-order chi connectivity index (χ1) is 10.3. The van der Waals surface area contributed by atoms with Gasteiger partial charge in [0.2, 0.25) is 5.91 Å². The van der Waals surface area contributed by atoms with Gasteiger partial charge in [-0.1, -0.05) is 36.8 Å². The second-order valence-electron chi connectivity index (χ2n) is 6.03. The zero-order valence-corrected chi connectivity index (χ0v) is 12.2. The maximum atomic E-state index is 12.0. The summed E-state index contributed by atoms with van der Waals surface area (Å²) in [5.41, 5.74) is 1.62. The summed E-state index contributed by atoms with van der Waals surface area (Å²) in [6.07, 6.45) is 9.89. The van der Waals surface area contributed by atoms with E-state index in [1.807, 2.05) is 12.3 Å². The summed E-state index contributed by atoms with van der Waals surface area (Å²) in [5.74, 6) is 0.0623. The summed E-state index contributed by atoms with van der Waals surface area (Å²) in [6.45, 7) is 1.12. The molecule has 1 aliphatic rings. The summed E-state index contributed by atoms with van der Waals surface area (Å²) in [7, 11) is 0. The van der Waals surface area contributed by atoms with E-state index in [1.165, 1.54) is 24.8 Å². The Kier molecular flexibility index (Phi) is 4.04. The Labute approximate surface area is 125 Å². The van der Waals surface area contributed by atoms with E-state index in [0.29, 0.717) is 6.54 Å². The van der Waals surface area contributed by atoms with Crippen LogP contribution in [-0.2, 0) is 17.8 Å². The number of nitrogens with one attached hydrogen (secondary N) is 1. The average molecular weight is 283 g/mol. The Morgan fingerprint density at radius 3 is 2.71 bits per heavy atom. The van der Waals surface area contributed by atoms with Crippen LogP contribution in [-0.4, -0.2) is 22.0 Å². The Bertz CT molecular complexity index is 573. The molecule has 1 amide bonds. The fourth-order valence-electron chi connectivity index (χ4n) is 3.01. The molecule has 1 saturated carbocycles. The molecule has 1 N–H and O–H groups in total. The van der Waals surface area contributed by atoms with E-state index >= 15 is 0 Å². The van der Waals surface area contributed by atoms with E-state index in [2.05, 4.69) is 34.6 Å². The number of nitrogens with zero attached hydrogens (tertiary/aromatic N) is 2. The van der Waals surface area contributed by atoms with Gasteiger partial charge >= 0.3 is 0 Å². The molecule has 21 heavy (non-hydrogen) atoms. The van der Waals surface area contributed by atoms with Crippen molar-refractivity contribution >= 4 is 5.91 Å². The summed E-state index contributed by atoms with van der Waals surface area (Å²) in [6, 6.07) is 10.6. The highest BCUT2D eigenvalue weighted by molar-refractivity contribution is 5.75. The predicted molar refractivity (Wildman–Crippen MR) is 81.7 cm³/mol. The van der Waals surface area contributed by atoms with Gasteiger partial charge in [0.15, 0.2) is 0 Å². The standard InChI is InChI=1S/C17H21N3O/c21-16(12-20-10-9-18-14-20)19-13-17(7-4-8-17)11-15-5-2-1-3-6-15/h1-3,5-6,9-10,14H,4,7-8,11-13H2,(H,19,21). The van der Waals surface area contributed by atoms with Gasteiger partial charge in [-0.25, -0.2) is 4.98 Å². The molecule has 4 nitrogen and oxygen atoms in total. The average Bonchev–Trinajstić information content (AvgIpc) is 2.95. The van der Waals surface area contributed by atoms with Crippen LogP contribution in [0.5, 0.6) is 0 Å². The van der Waals surface area contributed by atoms with Gasteiger partial charge in [-0.2, -0.15) is 0 Å². The Morgan fingerprint density at radius 2 is 2.10 bits per heavy atom. The summed E-state index contributed by atoms with van der Waals surface area (Å²) in [5, 5.41) is 3.10. The van der Waals surface area contributed by atoms with Crippen molar-refractivity contribution in [2.24, 2.45) is 5.41 Å². The molecule has 0 spiro atoms. The van der Waals surface area contributed by atoms with Crippen LogP contribution < -0.4 is 5.32 Å². The zero-order chi connectivity index (χ0) is 14.5. The van der Waals surface area contributed by atoms with Gasteiger partial charge in [0.05, 0.1) is 6.33 Å². The van der Waals surface area contributed by atoms with Crippen molar-refractivity contribution in [1.82, 2.24) is 14.9 Å². The fourth-order valence-corrected chi connectivity index (χ4v) is 3.01. The van der Waals surface area contributed by atoms with Crippen LogP contribution in [0.2, 0.25) is 0 Å². The SMILES string of the molecule is O=C(Cn1ccnc1)NCC1(Cc2ccccc2)CCC1. The second kappa shape index (κ2) is 6.12. The molecule has 2 aromatic rings. The third kappa shape index (κ3) is 3.51. The Hall–Kier alpha value is -2.10. The highest BCUT2D eigenvalue weighted by atomic mass is 16.1. The minimum absolute atomic E-state index is 0.0623. The van der Waals surface area contributed by atoms with Crippen molar-refractivity contribution in [2.45, 2.75) is 32.2 Å². The van der Waals surface area contributed by atoms with Gasteiger partial charge in [-0.3, -0.25) is 4.79 Å². The fraction of sp³-hybridized carbons (Fsp3) is 0.412. The number of benzene rings is 1. The number of imidazole rings is 1. The molecule has 4 heteroatoms. The van der Waals surface area contributed by atoms with Gasteiger partial charge < -0.3 is 9.88 Å². The molecule has 1 aromatic carbocycles. The molecule has 0 bridgehead atoms. The lowest BCUT2D eigenvalue weighted by Gasteiger charge is -2.42. The third-order valence-electron chi connectivity index (χ3n) is 4.38. The maximum Gasteiger partial charge on any atom is 0.239 e. The molecule has 1 fully saturated rings. The molecular formula is C17H21N3O. The maximum absolute atomic E-state index is 12.0. The van der Waals surface area contributed by atoms with Crippen LogP contribution in [0.4, 0.5) is 0 Å². The number of rotatable bonds is 6. The minimum atomic E-state index is 0.0623. The highest BCUT2D eigenvalue weighted by Crippen LogP contribution is 2.43. The summed E-state index contributed by atoms with van der Waals surface area (Å²) < 4.78 is 1.79. The van der Waals surface area contributed by atoms with Gasteiger partial charge in [-0.05, 0) is 30.2 Å². The van der Waals surface area contributed by atoms with Crippen molar-refractivity contribution in [1.29, 1.82) is 0 Å². The molecule has 0 aliphatic heterocycles. The Balaban J connectivity index is 1.53. The van der Waals surface area contributed by atoms with E-state index in [0.717, 1.165) is 13.0 Å². The van der Waals surface area contributed by atoms with Crippen molar-refractivity contribution in [3.8, 4) is 0 Å². The second-order valence-corrected chi connectivity index (χ2v) is 6.03. The highest BCUT2D eigenvalue weighted by Gasteiger charge is 2.37. The van der Waals surface area contributed by atoms with Crippen molar-refractivity contribution in [2.75, 3.05) is 6.54 Å². The molecule has 3 rings (SSSR count). The molecule has 0 atom stereocenters. The van der Waals surface area contributed by atoms with E-state index in [1.54, 1.807) is 17.1 Å². The Morgan fingerprint density at radius 1 is 1.29 bits per heavy atom. The first-order valence-corrected chi connectivity index (χ1v) is 7.52. The third-order valence-corrected chi connectivity index (χ3v) is 4.38. The number of aromatic nitrogens is 2. The molecule has 1 heterocycles. The van der Waals surface area contributed by atoms with Gasteiger partial charge in [-0.15, -0.1) is 0 Å². The molecule has 1 aliphatic carbocycles. The number of hydrogen-bond donors (Lipinski definition) is 1. The topological polar surface area (TPSA) is 46.9 Å². The number of amides is 1. The predicted octanol–water partition coefficient (Wildman–Crippen LogP) is 2.41. The molecule has 1 aromatic heterocycles. The molecule has 0 saturated heterocycles. The first-order valence-electron chi connectivity index (χ1n) is 7.52. The van der Waals surface area contributed by atoms with E-state index < -0.39 is 0 Å². The summed E-state index contributed by atoms with van der Waals surface area (Å²) >= 11 is 0. The van der Waals surface area contributed by atoms with Crippen LogP contribution in [0.1, 0.15) is 24.8 Å². The van der Waals surface area contributed by atoms with Crippen LogP contribution in [0, 0.1) is 5.41 Å². The molecular weight excluding hydrogens is 262 g/mol. The van der Waals surface area contributed by atoms with Crippen LogP contribution >= 0.6 is 0 Å². The molecule has 110 valence electrons. The molecule has 0 unspecified atom stereocenters. The van der Waals surface area contributed by atoms with E-state index in [4.69, 9.17) is 0 Å². The van der Waals surface area contributed by atoms with Crippen molar-refractivity contribution in [3.63, 3.8) is 0 Å². The number of hydrogen-bond acceptors (Lipinski definition) is 2. The lowest BCUT2D eigenvalue weighted by Crippen LogP contribution is -2.44. The lowest BCUT2D eigenvalue weighted by molar-refractivity contribution is -0.122. The lowest BCUT2D eigenvalue weighted by atomic mass is 9.65. The van der Waals surface area contributed by atoms with Crippen LogP contribution in [0.25, 0.3) is 0 Å². The van der Waals surface area contributed by atoms with Crippen LogP contribution in [0.3, 0.4) is 0 Å². The molecule has 0 radical (unpaired) electrons. The van der Waals surface area contributed by atoms with Crippen LogP contribution in [0.15, 0.2) is 49.1 Å². The zero-order valence-electron chi connectivity index (χ0n) is 12.2.